The maximum atomic E-state index is 12.1. The molecule has 0 saturated heterocycles. The summed E-state index contributed by atoms with van der Waals surface area (Å²) in [4.78, 5) is 16.4. The van der Waals surface area contributed by atoms with E-state index in [1.54, 1.807) is 42.5 Å². The Labute approximate surface area is 162 Å². The number of esters is 1. The Hall–Kier alpha value is -2.58. The molecule has 0 aromatic heterocycles. The molecule has 0 aliphatic carbocycles. The minimum absolute atomic E-state index is 0.0406. The summed E-state index contributed by atoms with van der Waals surface area (Å²) < 4.78 is 37.0. The van der Waals surface area contributed by atoms with Gasteiger partial charge in [0.1, 0.15) is 30.8 Å². The molecule has 1 heterocycles. The number of hydrogen-bond donors (Lipinski definition) is 1. The van der Waals surface area contributed by atoms with Crippen molar-refractivity contribution >= 4 is 33.4 Å². The van der Waals surface area contributed by atoms with E-state index in [1.807, 2.05) is 0 Å². The molecule has 2 aromatic carbocycles. The zero-order valence-corrected chi connectivity index (χ0v) is 16.0. The van der Waals surface area contributed by atoms with Crippen LogP contribution >= 0.6 is 11.6 Å². The Morgan fingerprint density at radius 2 is 1.85 bits per heavy atom. The van der Waals surface area contributed by atoms with Gasteiger partial charge in [0.05, 0.1) is 4.90 Å². The highest BCUT2D eigenvalue weighted by Gasteiger charge is 2.31. The van der Waals surface area contributed by atoms with Gasteiger partial charge in [0.2, 0.25) is 0 Å². The van der Waals surface area contributed by atoms with Crippen LogP contribution in [0.5, 0.6) is 5.75 Å². The van der Waals surface area contributed by atoms with Crippen molar-refractivity contribution in [1.82, 2.24) is 4.72 Å². The number of fused-ring (bicyclic) bond motifs is 1. The predicted octanol–water partition coefficient (Wildman–Crippen LogP) is 2.39. The lowest BCUT2D eigenvalue weighted by Crippen LogP contribution is -2.27. The van der Waals surface area contributed by atoms with E-state index in [0.717, 1.165) is 0 Å². The lowest BCUT2D eigenvalue weighted by molar-refractivity contribution is -0.145. The van der Waals surface area contributed by atoms with Crippen molar-refractivity contribution in [3.63, 3.8) is 0 Å². The number of nitrogens with zero attached hydrogens (tertiary/aromatic N) is 1. The number of sulfonamides is 1. The standard InChI is InChI=1S/C18H17ClN2O5S/c1-12(18(22)26-11-10-25-14-8-6-13(19)7-9-14)20-17-15-4-2-3-5-16(15)27(23,24)21-17/h2-9,12H,10-11H2,1H3,(H,20,21)/t12-/m0/s1. The molecule has 0 bridgehead atoms. The summed E-state index contributed by atoms with van der Waals surface area (Å²) in [7, 11) is -3.64. The van der Waals surface area contributed by atoms with E-state index in [4.69, 9.17) is 21.1 Å². The molecule has 27 heavy (non-hydrogen) atoms. The van der Waals surface area contributed by atoms with Gasteiger partial charge in [0.15, 0.2) is 0 Å². The highest BCUT2D eigenvalue weighted by atomic mass is 35.5. The number of aliphatic imine (C=N–C) groups is 1. The van der Waals surface area contributed by atoms with E-state index < -0.39 is 22.0 Å². The number of nitrogens with one attached hydrogen (secondary N) is 1. The summed E-state index contributed by atoms with van der Waals surface area (Å²) in [5, 5.41) is 0.603. The van der Waals surface area contributed by atoms with E-state index in [-0.39, 0.29) is 23.9 Å². The van der Waals surface area contributed by atoms with E-state index in [2.05, 4.69) is 9.71 Å². The van der Waals surface area contributed by atoms with Crippen LogP contribution in [-0.2, 0) is 19.6 Å². The van der Waals surface area contributed by atoms with E-state index in [1.165, 1.54) is 13.0 Å². The Morgan fingerprint density at radius 3 is 2.59 bits per heavy atom. The third kappa shape index (κ3) is 4.58. The van der Waals surface area contributed by atoms with Crippen LogP contribution < -0.4 is 9.46 Å². The summed E-state index contributed by atoms with van der Waals surface area (Å²) in [6.45, 7) is 1.75. The summed E-state index contributed by atoms with van der Waals surface area (Å²) in [6, 6.07) is 12.4. The van der Waals surface area contributed by atoms with Gasteiger partial charge in [-0.1, -0.05) is 23.7 Å². The second kappa shape index (κ2) is 7.98. The number of hydrogen-bond acceptors (Lipinski definition) is 6. The van der Waals surface area contributed by atoms with Gasteiger partial charge in [-0.25, -0.2) is 13.2 Å². The third-order valence-electron chi connectivity index (χ3n) is 3.74. The second-order valence-corrected chi connectivity index (χ2v) is 7.81. The lowest BCUT2D eigenvalue weighted by atomic mass is 10.2. The van der Waals surface area contributed by atoms with E-state index in [9.17, 15) is 13.2 Å². The maximum Gasteiger partial charge on any atom is 0.330 e. The number of benzene rings is 2. The molecule has 7 nitrogen and oxygen atoms in total. The highest BCUT2D eigenvalue weighted by Crippen LogP contribution is 2.22. The van der Waals surface area contributed by atoms with Crippen LogP contribution in [-0.4, -0.2) is 39.5 Å². The van der Waals surface area contributed by atoms with Gasteiger partial charge >= 0.3 is 5.97 Å². The molecule has 1 atom stereocenters. The molecular weight excluding hydrogens is 392 g/mol. The van der Waals surface area contributed by atoms with Gasteiger partial charge in [0, 0.05) is 10.6 Å². The van der Waals surface area contributed by atoms with Crippen molar-refractivity contribution in [2.75, 3.05) is 13.2 Å². The van der Waals surface area contributed by atoms with Crippen molar-refractivity contribution in [2.24, 2.45) is 4.99 Å². The van der Waals surface area contributed by atoms with Crippen molar-refractivity contribution in [2.45, 2.75) is 17.9 Å². The van der Waals surface area contributed by atoms with E-state index >= 15 is 0 Å². The molecule has 0 radical (unpaired) electrons. The fourth-order valence-corrected chi connectivity index (χ4v) is 3.79. The van der Waals surface area contributed by atoms with Crippen molar-refractivity contribution < 1.29 is 22.7 Å². The largest absolute Gasteiger partial charge is 0.490 e. The van der Waals surface area contributed by atoms with Gasteiger partial charge in [-0.15, -0.1) is 0 Å². The van der Waals surface area contributed by atoms with Crippen LogP contribution in [0.2, 0.25) is 5.02 Å². The van der Waals surface area contributed by atoms with Gasteiger partial charge in [-0.05, 0) is 43.3 Å². The van der Waals surface area contributed by atoms with Gasteiger partial charge < -0.3 is 9.47 Å². The molecule has 142 valence electrons. The van der Waals surface area contributed by atoms with Gasteiger partial charge in [-0.3, -0.25) is 9.71 Å². The first kappa shape index (κ1) is 19.2. The highest BCUT2D eigenvalue weighted by molar-refractivity contribution is 7.90. The topological polar surface area (TPSA) is 94.1 Å². The normalized spacial score (nSPS) is 17.0. The molecule has 1 aliphatic heterocycles. The zero-order valence-electron chi connectivity index (χ0n) is 14.4. The Morgan fingerprint density at radius 1 is 1.15 bits per heavy atom. The number of amidine groups is 1. The molecule has 0 saturated carbocycles. The van der Waals surface area contributed by atoms with Crippen molar-refractivity contribution in [3.05, 3.63) is 59.1 Å². The number of carbonyl (C=O) groups is 1. The van der Waals surface area contributed by atoms with Crippen molar-refractivity contribution in [3.8, 4) is 5.75 Å². The molecule has 1 aliphatic rings. The van der Waals surface area contributed by atoms with Crippen LogP contribution in [0.25, 0.3) is 0 Å². The molecular formula is C18H17ClN2O5S. The van der Waals surface area contributed by atoms with Gasteiger partial charge in [0.25, 0.3) is 10.0 Å². The molecule has 1 N–H and O–H groups in total. The third-order valence-corrected chi connectivity index (χ3v) is 5.39. The quantitative estimate of drug-likeness (QED) is 0.585. The predicted molar refractivity (Wildman–Crippen MR) is 101 cm³/mol. The molecule has 9 heteroatoms. The second-order valence-electron chi connectivity index (χ2n) is 5.73. The molecule has 0 unspecified atom stereocenters. The summed E-state index contributed by atoms with van der Waals surface area (Å²) in [5.41, 5.74) is 0.434. The summed E-state index contributed by atoms with van der Waals surface area (Å²) in [5.74, 6) is 0.166. The minimum atomic E-state index is -3.64. The minimum Gasteiger partial charge on any atom is -0.490 e. The van der Waals surface area contributed by atoms with Crippen LogP contribution in [0.15, 0.2) is 58.4 Å². The monoisotopic (exact) mass is 408 g/mol. The van der Waals surface area contributed by atoms with Crippen molar-refractivity contribution in [1.29, 1.82) is 0 Å². The fraction of sp³-hybridized carbons (Fsp3) is 0.222. The fourth-order valence-electron chi connectivity index (χ4n) is 2.43. The van der Waals surface area contributed by atoms with Crippen LogP contribution in [0.3, 0.4) is 0 Å². The number of carbonyl (C=O) groups excluding carboxylic acids is 1. The average Bonchev–Trinajstić information content (AvgIpc) is 2.90. The smallest absolute Gasteiger partial charge is 0.330 e. The van der Waals surface area contributed by atoms with E-state index in [0.29, 0.717) is 16.3 Å². The molecule has 0 fully saturated rings. The first-order chi connectivity index (χ1) is 12.9. The van der Waals surface area contributed by atoms with Crippen LogP contribution in [0, 0.1) is 0 Å². The number of rotatable bonds is 6. The molecule has 0 spiro atoms. The first-order valence-electron chi connectivity index (χ1n) is 8.12. The van der Waals surface area contributed by atoms with Gasteiger partial charge in [-0.2, -0.15) is 0 Å². The van der Waals surface area contributed by atoms with Crippen LogP contribution in [0.1, 0.15) is 12.5 Å². The van der Waals surface area contributed by atoms with Crippen LogP contribution in [0.4, 0.5) is 0 Å². The molecule has 3 rings (SSSR count). The Bertz CT molecular complexity index is 974. The lowest BCUT2D eigenvalue weighted by Gasteiger charge is -2.10. The molecule has 0 amide bonds. The average molecular weight is 409 g/mol. The zero-order chi connectivity index (χ0) is 19.4. The first-order valence-corrected chi connectivity index (χ1v) is 9.98. The summed E-state index contributed by atoms with van der Waals surface area (Å²) in [6.07, 6.45) is 0. The number of ether oxygens (including phenoxy) is 2. The summed E-state index contributed by atoms with van der Waals surface area (Å²) >= 11 is 5.79. The maximum absolute atomic E-state index is 12.1. The molecule has 2 aromatic rings. The number of halogens is 1. The SMILES string of the molecule is C[C@H](N=C1NS(=O)(=O)c2ccccc21)C(=O)OCCOc1ccc(Cl)cc1. The Balaban J connectivity index is 1.55. The Kier molecular flexibility index (Phi) is 5.67.